The lowest BCUT2D eigenvalue weighted by atomic mass is 9.91. The van der Waals surface area contributed by atoms with E-state index in [0.29, 0.717) is 35.3 Å². The molecule has 2 aromatic carbocycles. The van der Waals surface area contributed by atoms with Gasteiger partial charge >= 0.3 is 0 Å². The van der Waals surface area contributed by atoms with Gasteiger partial charge in [0.05, 0.1) is 25.8 Å². The number of ether oxygens (including phenoxy) is 2. The Morgan fingerprint density at radius 3 is 2.70 bits per heavy atom. The molecule has 172 valence electrons. The summed E-state index contributed by atoms with van der Waals surface area (Å²) in [7, 11) is 3.60. The van der Waals surface area contributed by atoms with E-state index in [0.717, 1.165) is 35.3 Å². The molecule has 1 fully saturated rings. The normalized spacial score (nSPS) is 23.7. The fraction of sp³-hybridized carbons (Fsp3) is 0.370. The van der Waals surface area contributed by atoms with Gasteiger partial charge in [0.1, 0.15) is 18.0 Å². The number of methoxy groups -OCH3 is 1. The lowest BCUT2D eigenvalue weighted by Crippen LogP contribution is -3.13. The Balaban J connectivity index is 1.50. The average molecular weight is 447 g/mol. The summed E-state index contributed by atoms with van der Waals surface area (Å²) in [6.07, 6.45) is 4.96. The zero-order chi connectivity index (χ0) is 23.3. The molecular weight excluding hydrogens is 416 g/mol. The number of benzene rings is 2. The smallest absolute Gasteiger partial charge is 0.231 e. The first-order chi connectivity index (χ1) is 15.8. The molecule has 3 heterocycles. The number of carbonyl (C=O) groups excluding carboxylic acids is 1. The van der Waals surface area contributed by atoms with Gasteiger partial charge in [-0.25, -0.2) is 0 Å². The number of Topliss-reactive ketones (excluding diaryl/α,β-unsaturated/α-hetero) is 1. The Labute approximate surface area is 194 Å². The van der Waals surface area contributed by atoms with E-state index in [-0.39, 0.29) is 17.3 Å². The summed E-state index contributed by atoms with van der Waals surface area (Å²) in [5.74, 6) is 2.45. The molecule has 1 aromatic heterocycles. The Morgan fingerprint density at radius 1 is 1.21 bits per heavy atom. The van der Waals surface area contributed by atoms with E-state index in [9.17, 15) is 9.90 Å². The van der Waals surface area contributed by atoms with Crippen molar-refractivity contribution in [3.05, 3.63) is 59.0 Å². The highest BCUT2D eigenvalue weighted by molar-refractivity contribution is 6.15. The van der Waals surface area contributed by atoms with E-state index in [2.05, 4.69) is 13.8 Å². The minimum Gasteiger partial charge on any atom is -0.872 e. The van der Waals surface area contributed by atoms with Crippen molar-refractivity contribution in [3.8, 4) is 17.2 Å². The van der Waals surface area contributed by atoms with Crippen LogP contribution in [-0.2, 0) is 13.6 Å². The number of fused-ring (bicyclic) bond motifs is 2. The number of hydrogen-bond acceptors (Lipinski definition) is 4. The van der Waals surface area contributed by atoms with E-state index < -0.39 is 0 Å². The monoisotopic (exact) mass is 446 g/mol. The van der Waals surface area contributed by atoms with Crippen LogP contribution in [-0.4, -0.2) is 30.5 Å². The van der Waals surface area contributed by atoms with Gasteiger partial charge in [-0.15, -0.1) is 0 Å². The second kappa shape index (κ2) is 8.27. The number of ketones is 1. The number of carbonyl (C=O) groups is 1. The molecule has 2 atom stereocenters. The van der Waals surface area contributed by atoms with Gasteiger partial charge in [-0.3, -0.25) is 4.79 Å². The molecule has 3 aromatic rings. The molecule has 2 aliphatic rings. The second-order valence-corrected chi connectivity index (χ2v) is 9.72. The average Bonchev–Trinajstić information content (AvgIpc) is 3.26. The maximum Gasteiger partial charge on any atom is 0.231 e. The lowest BCUT2D eigenvalue weighted by molar-refractivity contribution is -0.925. The van der Waals surface area contributed by atoms with E-state index in [1.807, 2.05) is 36.0 Å². The fourth-order valence-electron chi connectivity index (χ4n) is 5.56. The first kappa shape index (κ1) is 21.6. The van der Waals surface area contributed by atoms with Crippen molar-refractivity contribution in [2.75, 3.05) is 20.2 Å². The molecule has 5 rings (SSSR count). The van der Waals surface area contributed by atoms with Crippen LogP contribution in [0.3, 0.4) is 0 Å². The second-order valence-electron chi connectivity index (χ2n) is 9.72. The van der Waals surface area contributed by atoms with Gasteiger partial charge in [0.25, 0.3) is 0 Å². The standard InChI is InChI=1S/C27H30N2O4/c1-16-9-17(2)13-29(12-16)15-22-24(30)8-6-20-26(31)25(33-27(20)22)10-18-14-28(3)23-7-5-19(32-4)11-21(18)23/h5-8,10-11,14,16-17,30H,9,12-13,15H2,1-4H3/b25-10+. The van der Waals surface area contributed by atoms with Gasteiger partial charge in [-0.2, -0.15) is 0 Å². The number of nitrogens with zero attached hydrogens (tertiary/aromatic N) is 1. The Morgan fingerprint density at radius 2 is 1.97 bits per heavy atom. The van der Waals surface area contributed by atoms with Gasteiger partial charge < -0.3 is 24.0 Å². The summed E-state index contributed by atoms with van der Waals surface area (Å²) in [6, 6.07) is 8.98. The summed E-state index contributed by atoms with van der Waals surface area (Å²) in [5.41, 5.74) is 2.99. The molecule has 33 heavy (non-hydrogen) atoms. The summed E-state index contributed by atoms with van der Waals surface area (Å²) >= 11 is 0. The number of aromatic nitrogens is 1. The summed E-state index contributed by atoms with van der Waals surface area (Å²) in [6.45, 7) is 7.18. The molecule has 0 saturated carbocycles. The van der Waals surface area contributed by atoms with Crippen LogP contribution in [0.25, 0.3) is 17.0 Å². The van der Waals surface area contributed by atoms with Crippen molar-refractivity contribution in [1.29, 1.82) is 0 Å². The Kier molecular flexibility index (Phi) is 5.41. The van der Waals surface area contributed by atoms with Crippen LogP contribution in [0.2, 0.25) is 0 Å². The molecule has 0 amide bonds. The molecule has 1 N–H and O–H groups in total. The largest absolute Gasteiger partial charge is 0.872 e. The predicted molar refractivity (Wildman–Crippen MR) is 126 cm³/mol. The SMILES string of the molecule is COc1ccc2c(c1)c(/C=C1/Oc3c(ccc([O-])c3C[NH+]3CC(C)CC(C)C3)C1=O)cn2C. The van der Waals surface area contributed by atoms with Gasteiger partial charge in [0, 0.05) is 47.1 Å². The quantitative estimate of drug-likeness (QED) is 0.626. The van der Waals surface area contributed by atoms with Crippen LogP contribution in [0.4, 0.5) is 0 Å². The van der Waals surface area contributed by atoms with Gasteiger partial charge in [-0.05, 0) is 36.8 Å². The van der Waals surface area contributed by atoms with Crippen molar-refractivity contribution in [2.45, 2.75) is 26.8 Å². The first-order valence-electron chi connectivity index (χ1n) is 11.6. The van der Waals surface area contributed by atoms with Crippen molar-refractivity contribution in [3.63, 3.8) is 0 Å². The van der Waals surface area contributed by atoms with Crippen LogP contribution >= 0.6 is 0 Å². The molecule has 6 nitrogen and oxygen atoms in total. The highest BCUT2D eigenvalue weighted by atomic mass is 16.5. The molecule has 0 aliphatic carbocycles. The maximum absolute atomic E-state index is 13.2. The van der Waals surface area contributed by atoms with Crippen LogP contribution in [0.5, 0.6) is 17.2 Å². The number of piperidine rings is 1. The van der Waals surface area contributed by atoms with E-state index >= 15 is 0 Å². The predicted octanol–water partition coefficient (Wildman–Crippen LogP) is 2.94. The van der Waals surface area contributed by atoms with Crippen LogP contribution < -0.4 is 19.5 Å². The van der Waals surface area contributed by atoms with Gasteiger partial charge in [-0.1, -0.05) is 25.7 Å². The van der Waals surface area contributed by atoms with Crippen molar-refractivity contribution in [1.82, 2.24) is 4.57 Å². The van der Waals surface area contributed by atoms with Crippen molar-refractivity contribution < 1.29 is 24.3 Å². The molecule has 1 saturated heterocycles. The molecule has 0 spiro atoms. The Hall–Kier alpha value is -3.25. The van der Waals surface area contributed by atoms with Crippen LogP contribution in [0.15, 0.2) is 42.3 Å². The number of nitrogens with one attached hydrogen (secondary N) is 1. The molecule has 2 aliphatic heterocycles. The highest BCUT2D eigenvalue weighted by Gasteiger charge is 2.33. The number of aryl methyl sites for hydroxylation is 1. The zero-order valence-corrected chi connectivity index (χ0v) is 19.6. The fourth-order valence-corrected chi connectivity index (χ4v) is 5.56. The third-order valence-corrected chi connectivity index (χ3v) is 6.92. The minimum absolute atomic E-state index is 0.0592. The minimum atomic E-state index is -0.179. The summed E-state index contributed by atoms with van der Waals surface area (Å²) in [4.78, 5) is 14.6. The number of hydrogen-bond donors (Lipinski definition) is 1. The Bertz CT molecular complexity index is 1260. The van der Waals surface area contributed by atoms with Gasteiger partial charge in [0.15, 0.2) is 5.76 Å². The molecule has 0 bridgehead atoms. The van der Waals surface area contributed by atoms with Crippen LogP contribution in [0.1, 0.15) is 41.8 Å². The van der Waals surface area contributed by atoms with Crippen LogP contribution in [0, 0.1) is 11.8 Å². The lowest BCUT2D eigenvalue weighted by Gasteiger charge is -2.33. The van der Waals surface area contributed by atoms with E-state index in [1.165, 1.54) is 17.4 Å². The summed E-state index contributed by atoms with van der Waals surface area (Å²) in [5, 5.41) is 13.8. The molecule has 0 radical (unpaired) electrons. The van der Waals surface area contributed by atoms with Crippen molar-refractivity contribution >= 4 is 22.8 Å². The van der Waals surface area contributed by atoms with Crippen molar-refractivity contribution in [2.24, 2.45) is 18.9 Å². The van der Waals surface area contributed by atoms with E-state index in [4.69, 9.17) is 9.47 Å². The first-order valence-corrected chi connectivity index (χ1v) is 11.6. The molecular formula is C27H30N2O4. The summed E-state index contributed by atoms with van der Waals surface area (Å²) < 4.78 is 13.5. The third kappa shape index (κ3) is 3.89. The molecule has 2 unspecified atom stereocenters. The zero-order valence-electron chi connectivity index (χ0n) is 19.6. The number of rotatable bonds is 4. The topological polar surface area (TPSA) is 68.0 Å². The third-order valence-electron chi connectivity index (χ3n) is 6.92. The maximum atomic E-state index is 13.2. The number of likely N-dealkylation sites (tertiary alicyclic amines) is 1. The number of quaternary nitrogens is 1. The highest BCUT2D eigenvalue weighted by Crippen LogP contribution is 2.39. The van der Waals surface area contributed by atoms with E-state index in [1.54, 1.807) is 19.3 Å². The number of allylic oxidation sites excluding steroid dienone is 1. The molecule has 6 heteroatoms. The van der Waals surface area contributed by atoms with Gasteiger partial charge in [0.2, 0.25) is 5.78 Å².